The van der Waals surface area contributed by atoms with Crippen molar-refractivity contribution in [3.8, 4) is 0 Å². The molecule has 0 atom stereocenters. The van der Waals surface area contributed by atoms with Gasteiger partial charge in [0, 0.05) is 22.0 Å². The lowest BCUT2D eigenvalue weighted by Crippen LogP contribution is -2.14. The highest BCUT2D eigenvalue weighted by atomic mass is 32.1. The number of rotatable bonds is 2. The van der Waals surface area contributed by atoms with E-state index >= 15 is 0 Å². The molecule has 0 bridgehead atoms. The number of hydrogen-bond acceptors (Lipinski definition) is 3. The van der Waals surface area contributed by atoms with E-state index in [2.05, 4.69) is 10.3 Å². The van der Waals surface area contributed by atoms with Crippen LogP contribution in [0.15, 0.2) is 66.2 Å². The van der Waals surface area contributed by atoms with Crippen LogP contribution in [0, 0.1) is 0 Å². The van der Waals surface area contributed by atoms with E-state index in [-0.39, 0.29) is 5.91 Å². The number of thiophene rings is 1. The molecule has 0 fully saturated rings. The van der Waals surface area contributed by atoms with Gasteiger partial charge in [0.15, 0.2) is 0 Å². The zero-order valence-corrected chi connectivity index (χ0v) is 12.4. The fourth-order valence-electron chi connectivity index (χ4n) is 2.54. The van der Waals surface area contributed by atoms with E-state index in [1.165, 1.54) is 4.70 Å². The molecule has 0 radical (unpaired) electrons. The second-order valence-electron chi connectivity index (χ2n) is 5.01. The average Bonchev–Trinajstić information content (AvgIpc) is 3.02. The Balaban J connectivity index is 1.71. The summed E-state index contributed by atoms with van der Waals surface area (Å²) in [5, 5.41) is 7.98. The summed E-state index contributed by atoms with van der Waals surface area (Å²) in [6.07, 6.45) is 1.67. The summed E-state index contributed by atoms with van der Waals surface area (Å²) in [4.78, 5) is 16.8. The van der Waals surface area contributed by atoms with Crippen molar-refractivity contribution in [3.05, 3.63) is 71.9 Å². The molecule has 0 aliphatic carbocycles. The molecule has 0 unspecified atom stereocenters. The lowest BCUT2D eigenvalue weighted by atomic mass is 10.1. The van der Waals surface area contributed by atoms with Crippen molar-refractivity contribution in [2.75, 3.05) is 5.32 Å². The summed E-state index contributed by atoms with van der Waals surface area (Å²) in [6.45, 7) is 0. The monoisotopic (exact) mass is 304 g/mol. The Hall–Kier alpha value is -2.72. The van der Waals surface area contributed by atoms with Gasteiger partial charge in [0.25, 0.3) is 5.91 Å². The lowest BCUT2D eigenvalue weighted by molar-refractivity contribution is 0.102. The molecule has 4 heteroatoms. The van der Waals surface area contributed by atoms with E-state index in [1.54, 1.807) is 17.5 Å². The first-order valence-electron chi connectivity index (χ1n) is 6.94. The number of carbonyl (C=O) groups is 1. The predicted octanol–water partition coefficient (Wildman–Crippen LogP) is 4.70. The molecule has 22 heavy (non-hydrogen) atoms. The molecule has 4 aromatic rings. The minimum Gasteiger partial charge on any atom is -0.321 e. The third kappa shape index (κ3) is 2.23. The quantitative estimate of drug-likeness (QED) is 0.583. The van der Waals surface area contributed by atoms with Crippen molar-refractivity contribution >= 4 is 43.8 Å². The molecule has 106 valence electrons. The molecule has 3 nitrogen and oxygen atoms in total. The molecule has 0 saturated carbocycles. The number of nitrogens with zero attached hydrogens (tertiary/aromatic N) is 1. The molecule has 0 aliphatic heterocycles. The maximum atomic E-state index is 12.5. The van der Waals surface area contributed by atoms with Gasteiger partial charge in [-0.2, -0.15) is 0 Å². The van der Waals surface area contributed by atoms with Crippen LogP contribution in [0.25, 0.3) is 20.9 Å². The van der Waals surface area contributed by atoms with Crippen LogP contribution >= 0.6 is 11.3 Å². The second-order valence-corrected chi connectivity index (χ2v) is 5.96. The summed E-state index contributed by atoms with van der Waals surface area (Å²) >= 11 is 1.69. The smallest absolute Gasteiger partial charge is 0.274 e. The van der Waals surface area contributed by atoms with E-state index in [4.69, 9.17) is 0 Å². The molecule has 1 amide bonds. The van der Waals surface area contributed by atoms with Crippen molar-refractivity contribution in [1.29, 1.82) is 0 Å². The molecule has 2 aromatic carbocycles. The summed E-state index contributed by atoms with van der Waals surface area (Å²) in [5.74, 6) is -0.189. The first-order valence-corrected chi connectivity index (χ1v) is 7.81. The van der Waals surface area contributed by atoms with Crippen LogP contribution in [0.3, 0.4) is 0 Å². The van der Waals surface area contributed by atoms with Crippen molar-refractivity contribution in [2.24, 2.45) is 0 Å². The van der Waals surface area contributed by atoms with Gasteiger partial charge in [-0.25, -0.2) is 0 Å². The highest BCUT2D eigenvalue weighted by Crippen LogP contribution is 2.24. The fourth-order valence-corrected chi connectivity index (χ4v) is 3.31. The molecule has 0 spiro atoms. The number of hydrogen-bond donors (Lipinski definition) is 1. The van der Waals surface area contributed by atoms with Gasteiger partial charge in [-0.3, -0.25) is 9.78 Å². The Morgan fingerprint density at radius 3 is 2.86 bits per heavy atom. The first kappa shape index (κ1) is 13.0. The van der Waals surface area contributed by atoms with Crippen LogP contribution in [0.1, 0.15) is 10.5 Å². The van der Waals surface area contributed by atoms with E-state index in [0.717, 1.165) is 21.8 Å². The van der Waals surface area contributed by atoms with Crippen molar-refractivity contribution in [1.82, 2.24) is 4.98 Å². The Kier molecular flexibility index (Phi) is 3.09. The molecule has 1 N–H and O–H groups in total. The van der Waals surface area contributed by atoms with Gasteiger partial charge in [-0.1, -0.05) is 24.3 Å². The molecule has 0 saturated heterocycles. The average molecular weight is 304 g/mol. The first-order chi connectivity index (χ1) is 10.8. The lowest BCUT2D eigenvalue weighted by Gasteiger charge is -2.07. The van der Waals surface area contributed by atoms with Gasteiger partial charge < -0.3 is 5.32 Å². The molecular weight excluding hydrogens is 292 g/mol. The van der Waals surface area contributed by atoms with E-state index in [9.17, 15) is 4.79 Å². The molecular formula is C18H12N2OS. The largest absolute Gasteiger partial charge is 0.321 e. The number of carbonyl (C=O) groups excluding carboxylic acids is 1. The van der Waals surface area contributed by atoms with Gasteiger partial charge in [0.2, 0.25) is 0 Å². The zero-order chi connectivity index (χ0) is 14.9. The number of benzene rings is 2. The Labute approximate surface area is 131 Å². The Morgan fingerprint density at radius 2 is 1.91 bits per heavy atom. The SMILES string of the molecule is O=C(Nc1ccc2sccc2c1)c1nccc2ccccc12. The van der Waals surface area contributed by atoms with Crippen molar-refractivity contribution in [3.63, 3.8) is 0 Å². The topological polar surface area (TPSA) is 42.0 Å². The van der Waals surface area contributed by atoms with Crippen molar-refractivity contribution in [2.45, 2.75) is 0 Å². The number of nitrogens with one attached hydrogen (secondary N) is 1. The summed E-state index contributed by atoms with van der Waals surface area (Å²) in [7, 11) is 0. The van der Waals surface area contributed by atoms with Crippen LogP contribution in [0.2, 0.25) is 0 Å². The maximum Gasteiger partial charge on any atom is 0.274 e. The third-order valence-corrected chi connectivity index (χ3v) is 4.50. The van der Waals surface area contributed by atoms with E-state index < -0.39 is 0 Å². The van der Waals surface area contributed by atoms with Gasteiger partial charge in [0.1, 0.15) is 5.69 Å². The molecule has 2 aromatic heterocycles. The summed E-state index contributed by atoms with van der Waals surface area (Å²) in [5.41, 5.74) is 1.23. The summed E-state index contributed by atoms with van der Waals surface area (Å²) in [6, 6.07) is 17.6. The summed E-state index contributed by atoms with van der Waals surface area (Å²) < 4.78 is 1.21. The van der Waals surface area contributed by atoms with E-state index in [1.807, 2.05) is 60.0 Å². The van der Waals surface area contributed by atoms with Crippen LogP contribution in [0.5, 0.6) is 0 Å². The standard InChI is InChI=1S/C18H12N2OS/c21-18(17-15-4-2-1-3-12(15)7-9-19-17)20-14-5-6-16-13(11-14)8-10-22-16/h1-11H,(H,20,21). The highest BCUT2D eigenvalue weighted by Gasteiger charge is 2.11. The maximum absolute atomic E-state index is 12.5. The van der Waals surface area contributed by atoms with Crippen molar-refractivity contribution < 1.29 is 4.79 Å². The van der Waals surface area contributed by atoms with Gasteiger partial charge >= 0.3 is 0 Å². The highest BCUT2D eigenvalue weighted by molar-refractivity contribution is 7.17. The minimum atomic E-state index is -0.189. The zero-order valence-electron chi connectivity index (χ0n) is 11.6. The van der Waals surface area contributed by atoms with E-state index in [0.29, 0.717) is 5.69 Å². The van der Waals surface area contributed by atoms with Crippen LogP contribution in [0.4, 0.5) is 5.69 Å². The fraction of sp³-hybridized carbons (Fsp3) is 0. The molecule has 4 rings (SSSR count). The Bertz CT molecular complexity index is 985. The Morgan fingerprint density at radius 1 is 1.00 bits per heavy atom. The molecule has 0 aliphatic rings. The van der Waals surface area contributed by atoms with Gasteiger partial charge in [-0.05, 0) is 46.5 Å². The van der Waals surface area contributed by atoms with Gasteiger partial charge in [0.05, 0.1) is 0 Å². The van der Waals surface area contributed by atoms with Gasteiger partial charge in [-0.15, -0.1) is 11.3 Å². The van der Waals surface area contributed by atoms with Crippen LogP contribution in [-0.2, 0) is 0 Å². The number of pyridine rings is 1. The number of aromatic nitrogens is 1. The number of amides is 1. The van der Waals surface area contributed by atoms with Crippen LogP contribution in [-0.4, -0.2) is 10.9 Å². The number of anilines is 1. The third-order valence-electron chi connectivity index (χ3n) is 3.60. The predicted molar refractivity (Wildman–Crippen MR) is 91.5 cm³/mol. The van der Waals surface area contributed by atoms with Crippen LogP contribution < -0.4 is 5.32 Å². The normalized spacial score (nSPS) is 10.9. The molecule has 2 heterocycles. The number of fused-ring (bicyclic) bond motifs is 2. The second kappa shape index (κ2) is 5.24. The minimum absolute atomic E-state index is 0.189.